The van der Waals surface area contributed by atoms with Crippen molar-refractivity contribution in [2.45, 2.75) is 6.42 Å². The number of nitriles is 1. The van der Waals surface area contributed by atoms with E-state index in [4.69, 9.17) is 11.0 Å². The summed E-state index contributed by atoms with van der Waals surface area (Å²) in [6.45, 7) is 0. The van der Waals surface area contributed by atoms with Crippen LogP contribution in [0, 0.1) is 23.2 Å². The molecule has 0 spiro atoms. The van der Waals surface area contributed by atoms with E-state index in [-0.39, 0.29) is 23.4 Å². The highest BCUT2D eigenvalue weighted by molar-refractivity contribution is 5.99. The number of rotatable bonds is 3. The number of carbonyl (C=O) groups excluding carboxylic acids is 1. The van der Waals surface area contributed by atoms with Gasteiger partial charge in [0.25, 0.3) is 0 Å². The number of hydrogen-bond acceptors (Lipinski definition) is 5. The van der Waals surface area contributed by atoms with Gasteiger partial charge in [-0.15, -0.1) is 0 Å². The monoisotopic (exact) mass is 384 g/mol. The van der Waals surface area contributed by atoms with Gasteiger partial charge in [-0.05, 0) is 42.1 Å². The molecule has 4 N–H and O–H groups in total. The molecule has 0 radical (unpaired) electrons. The largest absolute Gasteiger partial charge is 0.398 e. The summed E-state index contributed by atoms with van der Waals surface area (Å²) in [7, 11) is 0. The van der Waals surface area contributed by atoms with Gasteiger partial charge < -0.3 is 16.0 Å². The minimum Gasteiger partial charge on any atom is -0.398 e. The van der Waals surface area contributed by atoms with Crippen LogP contribution in [-0.4, -0.2) is 20.4 Å². The standard InChI is InChI=1S/C21H16N6O2/c22-9-12-6-14(12)20(28)26-19-7-11-5-13(8-16(23)15(11)10-24-19)27-18-4-2-1-3-17(18)25-21(27)29/h1-5,7-8,10,12,14H,6,23H2,(H,25,29)(H,24,26,28)/t12-,14+/m1/s1. The summed E-state index contributed by atoms with van der Waals surface area (Å²) >= 11 is 0. The van der Waals surface area contributed by atoms with E-state index >= 15 is 0 Å². The van der Waals surface area contributed by atoms with Crippen molar-refractivity contribution >= 4 is 39.2 Å². The highest BCUT2D eigenvalue weighted by Crippen LogP contribution is 2.38. The molecule has 2 aromatic heterocycles. The summed E-state index contributed by atoms with van der Waals surface area (Å²) in [4.78, 5) is 31.8. The molecule has 1 amide bonds. The van der Waals surface area contributed by atoms with Crippen LogP contribution in [0.5, 0.6) is 0 Å². The average molecular weight is 384 g/mol. The molecule has 8 heteroatoms. The normalized spacial score (nSPS) is 17.9. The molecule has 4 aromatic rings. The van der Waals surface area contributed by atoms with Crippen molar-refractivity contribution in [1.82, 2.24) is 14.5 Å². The molecule has 1 aliphatic rings. The lowest BCUT2D eigenvalue weighted by Crippen LogP contribution is -2.16. The Kier molecular flexibility index (Phi) is 3.64. The number of nitrogen functional groups attached to an aromatic ring is 1. The second kappa shape index (κ2) is 6.21. The van der Waals surface area contributed by atoms with E-state index in [1.165, 1.54) is 0 Å². The number of aromatic nitrogens is 3. The lowest BCUT2D eigenvalue weighted by Gasteiger charge is -2.10. The van der Waals surface area contributed by atoms with Crippen LogP contribution in [0.15, 0.2) is 53.5 Å². The number of nitrogens with zero attached hydrogens (tertiary/aromatic N) is 3. The van der Waals surface area contributed by atoms with E-state index in [9.17, 15) is 9.59 Å². The van der Waals surface area contributed by atoms with Gasteiger partial charge in [-0.3, -0.25) is 9.36 Å². The smallest absolute Gasteiger partial charge is 0.331 e. The maximum Gasteiger partial charge on any atom is 0.331 e. The van der Waals surface area contributed by atoms with Gasteiger partial charge in [-0.2, -0.15) is 5.26 Å². The Morgan fingerprint density at radius 1 is 1.31 bits per heavy atom. The fourth-order valence-corrected chi connectivity index (χ4v) is 3.62. The van der Waals surface area contributed by atoms with Crippen LogP contribution in [0.1, 0.15) is 6.42 Å². The molecule has 0 aliphatic heterocycles. The Hall–Kier alpha value is -4.12. The Labute approximate surface area is 164 Å². The van der Waals surface area contributed by atoms with E-state index in [1.54, 1.807) is 22.9 Å². The summed E-state index contributed by atoms with van der Waals surface area (Å²) in [5, 5.41) is 13.1. The molecule has 0 saturated heterocycles. The highest BCUT2D eigenvalue weighted by atomic mass is 16.2. The fourth-order valence-electron chi connectivity index (χ4n) is 3.62. The summed E-state index contributed by atoms with van der Waals surface area (Å²) in [5.74, 6) is -0.320. The third-order valence-electron chi connectivity index (χ3n) is 5.25. The van der Waals surface area contributed by atoms with Crippen LogP contribution in [-0.2, 0) is 4.79 Å². The first kappa shape index (κ1) is 17.0. The van der Waals surface area contributed by atoms with Gasteiger partial charge in [0, 0.05) is 17.3 Å². The number of nitrogens with one attached hydrogen (secondary N) is 2. The Balaban J connectivity index is 1.58. The summed E-state index contributed by atoms with van der Waals surface area (Å²) in [6.07, 6.45) is 2.17. The second-order valence-electron chi connectivity index (χ2n) is 7.18. The minimum atomic E-state index is -0.279. The predicted octanol–water partition coefficient (Wildman–Crippen LogP) is 2.55. The van der Waals surface area contributed by atoms with Crippen LogP contribution in [0.2, 0.25) is 0 Å². The summed E-state index contributed by atoms with van der Waals surface area (Å²) < 4.78 is 1.56. The Morgan fingerprint density at radius 2 is 2.14 bits per heavy atom. The molecule has 2 aromatic carbocycles. The number of aromatic amines is 1. The number of nitrogens with two attached hydrogens (primary N) is 1. The third-order valence-corrected chi connectivity index (χ3v) is 5.25. The molecule has 1 fully saturated rings. The predicted molar refractivity (Wildman–Crippen MR) is 109 cm³/mol. The first-order valence-corrected chi connectivity index (χ1v) is 9.15. The van der Waals surface area contributed by atoms with Crippen molar-refractivity contribution in [3.05, 3.63) is 59.1 Å². The summed E-state index contributed by atoms with van der Waals surface area (Å²) in [5.41, 5.74) is 8.53. The second-order valence-corrected chi connectivity index (χ2v) is 7.18. The van der Waals surface area contributed by atoms with Crippen LogP contribution in [0.4, 0.5) is 11.5 Å². The number of anilines is 2. The molecule has 2 heterocycles. The van der Waals surface area contributed by atoms with Gasteiger partial charge in [0.05, 0.1) is 34.6 Å². The number of pyridine rings is 1. The van der Waals surface area contributed by atoms with Crippen molar-refractivity contribution in [3.63, 3.8) is 0 Å². The lowest BCUT2D eigenvalue weighted by molar-refractivity contribution is -0.117. The van der Waals surface area contributed by atoms with E-state index in [0.29, 0.717) is 23.6 Å². The SMILES string of the molecule is N#C[C@H]1C[C@@H]1C(=O)Nc1cc2cc(-n3c(=O)[nH]c4ccccc43)cc(N)c2cn1. The fraction of sp³-hybridized carbons (Fsp3) is 0.143. The maximum atomic E-state index is 12.5. The van der Waals surface area contributed by atoms with Crippen LogP contribution in [0.25, 0.3) is 27.5 Å². The van der Waals surface area contributed by atoms with Gasteiger partial charge >= 0.3 is 5.69 Å². The van der Waals surface area contributed by atoms with Crippen molar-refractivity contribution in [2.24, 2.45) is 11.8 Å². The number of benzene rings is 2. The van der Waals surface area contributed by atoms with Gasteiger partial charge in [-0.25, -0.2) is 9.78 Å². The van der Waals surface area contributed by atoms with E-state index < -0.39 is 0 Å². The van der Waals surface area contributed by atoms with E-state index in [1.807, 2.05) is 30.3 Å². The number of H-pyrrole nitrogens is 1. The molecule has 8 nitrogen and oxygen atoms in total. The lowest BCUT2D eigenvalue weighted by atomic mass is 10.1. The first-order valence-electron chi connectivity index (χ1n) is 9.15. The molecular weight excluding hydrogens is 368 g/mol. The third kappa shape index (κ3) is 2.80. The maximum absolute atomic E-state index is 12.5. The number of imidazole rings is 1. The molecule has 1 saturated carbocycles. The molecule has 29 heavy (non-hydrogen) atoms. The summed E-state index contributed by atoms with van der Waals surface area (Å²) in [6, 6.07) is 14.8. The zero-order chi connectivity index (χ0) is 20.1. The van der Waals surface area contributed by atoms with Crippen molar-refractivity contribution in [1.29, 1.82) is 5.26 Å². The molecule has 0 unspecified atom stereocenters. The molecule has 2 atom stereocenters. The zero-order valence-corrected chi connectivity index (χ0v) is 15.2. The Morgan fingerprint density at radius 3 is 2.93 bits per heavy atom. The van der Waals surface area contributed by atoms with Gasteiger partial charge in [0.1, 0.15) is 5.82 Å². The number of para-hydroxylation sites is 2. The van der Waals surface area contributed by atoms with E-state index in [0.717, 1.165) is 21.8 Å². The van der Waals surface area contributed by atoms with Crippen LogP contribution >= 0.6 is 0 Å². The molecule has 142 valence electrons. The number of carbonyl (C=O) groups is 1. The quantitative estimate of drug-likeness (QED) is 0.467. The number of fused-ring (bicyclic) bond motifs is 2. The molecular formula is C21H16N6O2. The van der Waals surface area contributed by atoms with Crippen LogP contribution in [0.3, 0.4) is 0 Å². The highest BCUT2D eigenvalue weighted by Gasteiger charge is 2.43. The molecule has 5 rings (SSSR count). The number of amides is 1. The van der Waals surface area contributed by atoms with Crippen molar-refractivity contribution in [2.75, 3.05) is 11.1 Å². The molecule has 1 aliphatic carbocycles. The zero-order valence-electron chi connectivity index (χ0n) is 15.2. The van der Waals surface area contributed by atoms with Crippen molar-refractivity contribution in [3.8, 4) is 11.8 Å². The average Bonchev–Trinajstić information content (AvgIpc) is 3.42. The van der Waals surface area contributed by atoms with Gasteiger partial charge in [-0.1, -0.05) is 12.1 Å². The van der Waals surface area contributed by atoms with E-state index in [2.05, 4.69) is 21.4 Å². The first-order chi connectivity index (χ1) is 14.0. The Bertz CT molecular complexity index is 1390. The number of hydrogen-bond donors (Lipinski definition) is 3. The van der Waals surface area contributed by atoms with Crippen molar-refractivity contribution < 1.29 is 4.79 Å². The molecule has 0 bridgehead atoms. The van der Waals surface area contributed by atoms with Crippen LogP contribution < -0.4 is 16.7 Å². The minimum absolute atomic E-state index is 0.208. The van der Waals surface area contributed by atoms with Gasteiger partial charge in [0.15, 0.2) is 0 Å². The topological polar surface area (TPSA) is 130 Å². The van der Waals surface area contributed by atoms with Gasteiger partial charge in [0.2, 0.25) is 5.91 Å².